The highest BCUT2D eigenvalue weighted by atomic mass is 16.4. The van der Waals surface area contributed by atoms with Gasteiger partial charge in [-0.15, -0.1) is 0 Å². The summed E-state index contributed by atoms with van der Waals surface area (Å²) in [6.07, 6.45) is 0.876. The molecule has 0 atom stereocenters. The summed E-state index contributed by atoms with van der Waals surface area (Å²) in [7, 11) is 3.43. The molecule has 1 fully saturated rings. The number of urea groups is 1. The van der Waals surface area contributed by atoms with E-state index in [9.17, 15) is 9.59 Å². The maximum absolute atomic E-state index is 11.3. The van der Waals surface area contributed by atoms with Crippen molar-refractivity contribution in [2.45, 2.75) is 12.8 Å². The van der Waals surface area contributed by atoms with Crippen LogP contribution in [0.4, 0.5) is 4.79 Å². The molecule has 0 aromatic rings. The van der Waals surface area contributed by atoms with Crippen LogP contribution in [0.5, 0.6) is 0 Å². The van der Waals surface area contributed by atoms with E-state index < -0.39 is 5.97 Å². The molecule has 1 saturated heterocycles. The smallest absolute Gasteiger partial charge is 0.319 e. The first-order chi connectivity index (χ1) is 6.50. The molecule has 0 spiro atoms. The fraction of sp³-hybridized carbons (Fsp3) is 0.778. The van der Waals surface area contributed by atoms with Gasteiger partial charge in [-0.1, -0.05) is 0 Å². The molecule has 0 bridgehead atoms. The number of hydrogen-bond donors (Lipinski definition) is 1. The minimum atomic E-state index is -0.762. The Morgan fingerprint density at radius 2 is 2.00 bits per heavy atom. The summed E-state index contributed by atoms with van der Waals surface area (Å²) in [5, 5.41) is 8.46. The Kier molecular flexibility index (Phi) is 3.33. The summed E-state index contributed by atoms with van der Waals surface area (Å²) in [5.41, 5.74) is 0. The van der Waals surface area contributed by atoms with Crippen LogP contribution in [0.1, 0.15) is 12.8 Å². The molecule has 0 saturated carbocycles. The first-order valence-electron chi connectivity index (χ1n) is 4.68. The van der Waals surface area contributed by atoms with Gasteiger partial charge >= 0.3 is 12.0 Å². The standard InChI is InChI=1S/C9H16N2O3/c1-10(2)9(14)11-5-7(6-11)3-4-8(12)13/h7H,3-6H2,1-2H3,(H,12,13). The predicted octanol–water partition coefficient (Wildman–Crippen LogP) is 0.465. The van der Waals surface area contributed by atoms with Crippen LogP contribution in [0.25, 0.3) is 0 Å². The van der Waals surface area contributed by atoms with E-state index >= 15 is 0 Å². The van der Waals surface area contributed by atoms with Crippen LogP contribution in [0.15, 0.2) is 0 Å². The summed E-state index contributed by atoms with van der Waals surface area (Å²) in [4.78, 5) is 24.9. The summed E-state index contributed by atoms with van der Waals surface area (Å²) < 4.78 is 0. The van der Waals surface area contributed by atoms with E-state index in [0.717, 1.165) is 0 Å². The first-order valence-corrected chi connectivity index (χ1v) is 4.68. The second-order valence-corrected chi connectivity index (χ2v) is 3.88. The van der Waals surface area contributed by atoms with Gasteiger partial charge in [0.15, 0.2) is 0 Å². The van der Waals surface area contributed by atoms with E-state index in [4.69, 9.17) is 5.11 Å². The normalized spacial score (nSPS) is 16.3. The average molecular weight is 200 g/mol. The molecule has 0 radical (unpaired) electrons. The molecule has 1 rings (SSSR count). The number of nitrogens with zero attached hydrogens (tertiary/aromatic N) is 2. The van der Waals surface area contributed by atoms with Crippen LogP contribution in [0, 0.1) is 5.92 Å². The van der Waals surface area contributed by atoms with Crippen molar-refractivity contribution in [3.05, 3.63) is 0 Å². The summed E-state index contributed by atoms with van der Waals surface area (Å²) in [5.74, 6) is -0.391. The van der Waals surface area contributed by atoms with Crippen LogP contribution in [-0.2, 0) is 4.79 Å². The topological polar surface area (TPSA) is 60.9 Å². The molecule has 0 unspecified atom stereocenters. The maximum Gasteiger partial charge on any atom is 0.319 e. The van der Waals surface area contributed by atoms with Crippen molar-refractivity contribution in [1.29, 1.82) is 0 Å². The number of amides is 2. The maximum atomic E-state index is 11.3. The lowest BCUT2D eigenvalue weighted by atomic mass is 9.95. The van der Waals surface area contributed by atoms with Gasteiger partial charge in [0, 0.05) is 33.6 Å². The molecule has 80 valence electrons. The zero-order valence-electron chi connectivity index (χ0n) is 8.56. The van der Waals surface area contributed by atoms with Crippen molar-refractivity contribution in [3.8, 4) is 0 Å². The number of carboxylic acid groups (broad SMARTS) is 1. The Bertz CT molecular complexity index is 234. The Morgan fingerprint density at radius 1 is 1.43 bits per heavy atom. The van der Waals surface area contributed by atoms with E-state index in [1.807, 2.05) is 0 Å². The predicted molar refractivity (Wildman–Crippen MR) is 51.0 cm³/mol. The van der Waals surface area contributed by atoms with Crippen molar-refractivity contribution in [3.63, 3.8) is 0 Å². The van der Waals surface area contributed by atoms with Gasteiger partial charge in [0.1, 0.15) is 0 Å². The van der Waals surface area contributed by atoms with Crippen molar-refractivity contribution in [2.24, 2.45) is 5.92 Å². The third kappa shape index (κ3) is 2.61. The molecular formula is C9H16N2O3. The van der Waals surface area contributed by atoms with Crippen LogP contribution < -0.4 is 0 Å². The minimum absolute atomic E-state index is 0.0107. The van der Waals surface area contributed by atoms with Gasteiger partial charge in [0.2, 0.25) is 0 Å². The van der Waals surface area contributed by atoms with Gasteiger partial charge in [-0.25, -0.2) is 4.79 Å². The lowest BCUT2D eigenvalue weighted by molar-refractivity contribution is -0.137. The third-order valence-corrected chi connectivity index (χ3v) is 2.38. The van der Waals surface area contributed by atoms with Crippen molar-refractivity contribution < 1.29 is 14.7 Å². The molecule has 1 heterocycles. The van der Waals surface area contributed by atoms with Crippen LogP contribution in [0.2, 0.25) is 0 Å². The summed E-state index contributed by atoms with van der Waals surface area (Å²) >= 11 is 0. The van der Waals surface area contributed by atoms with E-state index in [-0.39, 0.29) is 12.5 Å². The lowest BCUT2D eigenvalue weighted by Gasteiger charge is -2.40. The lowest BCUT2D eigenvalue weighted by Crippen LogP contribution is -2.53. The molecule has 0 aliphatic carbocycles. The summed E-state index contributed by atoms with van der Waals surface area (Å²) in [6, 6.07) is 0.0107. The van der Waals surface area contributed by atoms with Gasteiger partial charge in [-0.05, 0) is 12.3 Å². The van der Waals surface area contributed by atoms with Gasteiger partial charge < -0.3 is 14.9 Å². The molecule has 0 aromatic carbocycles. The van der Waals surface area contributed by atoms with E-state index in [0.29, 0.717) is 25.4 Å². The van der Waals surface area contributed by atoms with Crippen molar-refractivity contribution in [2.75, 3.05) is 27.2 Å². The highest BCUT2D eigenvalue weighted by Crippen LogP contribution is 2.21. The fourth-order valence-corrected chi connectivity index (χ4v) is 1.52. The SMILES string of the molecule is CN(C)C(=O)N1CC(CCC(=O)O)C1. The number of rotatable bonds is 3. The van der Waals surface area contributed by atoms with Crippen LogP contribution in [0.3, 0.4) is 0 Å². The number of hydrogen-bond acceptors (Lipinski definition) is 2. The quantitative estimate of drug-likeness (QED) is 0.720. The average Bonchev–Trinajstić information content (AvgIpc) is 2.00. The highest BCUT2D eigenvalue weighted by molar-refractivity contribution is 5.74. The van der Waals surface area contributed by atoms with Gasteiger partial charge in [0.05, 0.1) is 0 Å². The number of carbonyl (C=O) groups is 2. The fourth-order valence-electron chi connectivity index (χ4n) is 1.52. The van der Waals surface area contributed by atoms with E-state index in [1.165, 1.54) is 4.90 Å². The second-order valence-electron chi connectivity index (χ2n) is 3.88. The number of carboxylic acids is 1. The molecule has 1 aliphatic heterocycles. The van der Waals surface area contributed by atoms with Crippen molar-refractivity contribution >= 4 is 12.0 Å². The molecule has 2 amide bonds. The summed E-state index contributed by atoms with van der Waals surface area (Å²) in [6.45, 7) is 1.40. The van der Waals surface area contributed by atoms with Crippen molar-refractivity contribution in [1.82, 2.24) is 9.80 Å². The minimum Gasteiger partial charge on any atom is -0.481 e. The second kappa shape index (κ2) is 4.30. The zero-order chi connectivity index (χ0) is 10.7. The number of likely N-dealkylation sites (tertiary alicyclic amines) is 1. The van der Waals surface area contributed by atoms with Gasteiger partial charge in [0.25, 0.3) is 0 Å². The zero-order valence-corrected chi connectivity index (χ0v) is 8.56. The number of aliphatic carboxylic acids is 1. The monoisotopic (exact) mass is 200 g/mol. The molecular weight excluding hydrogens is 184 g/mol. The first kappa shape index (κ1) is 10.8. The molecule has 0 aromatic heterocycles. The van der Waals surface area contributed by atoms with Gasteiger partial charge in [-0.3, -0.25) is 4.79 Å². The Hall–Kier alpha value is -1.26. The van der Waals surface area contributed by atoms with Gasteiger partial charge in [-0.2, -0.15) is 0 Å². The molecule has 14 heavy (non-hydrogen) atoms. The van der Waals surface area contributed by atoms with E-state index in [2.05, 4.69) is 0 Å². The third-order valence-electron chi connectivity index (χ3n) is 2.38. The Morgan fingerprint density at radius 3 is 2.43 bits per heavy atom. The molecule has 1 aliphatic rings. The highest BCUT2D eigenvalue weighted by Gasteiger charge is 2.31. The molecule has 5 nitrogen and oxygen atoms in total. The largest absolute Gasteiger partial charge is 0.481 e. The molecule has 1 N–H and O–H groups in total. The Balaban J connectivity index is 2.17. The number of carbonyl (C=O) groups excluding carboxylic acids is 1. The van der Waals surface area contributed by atoms with Crippen LogP contribution >= 0.6 is 0 Å². The molecule has 5 heteroatoms. The Labute approximate surface area is 83.3 Å². The van der Waals surface area contributed by atoms with E-state index in [1.54, 1.807) is 19.0 Å². The van der Waals surface area contributed by atoms with Crippen LogP contribution in [-0.4, -0.2) is 54.1 Å².